The molecule has 2 nitrogen and oxygen atoms in total. The van der Waals surface area contributed by atoms with Gasteiger partial charge < -0.3 is 0 Å². The normalized spacial score (nSPS) is 31.0. The smallest absolute Gasteiger partial charge is 0.0611 e. The van der Waals surface area contributed by atoms with Crippen LogP contribution in [0, 0.1) is 10.8 Å². The van der Waals surface area contributed by atoms with Crippen molar-refractivity contribution in [2.75, 3.05) is 0 Å². The summed E-state index contributed by atoms with van der Waals surface area (Å²) in [5, 5.41) is 6.45. The number of rotatable bonds is 1. The lowest BCUT2D eigenvalue weighted by Crippen LogP contribution is -2.24. The molecule has 2 heteroatoms. The van der Waals surface area contributed by atoms with E-state index in [4.69, 9.17) is 0 Å². The van der Waals surface area contributed by atoms with E-state index in [1.165, 1.54) is 5.70 Å². The summed E-state index contributed by atoms with van der Waals surface area (Å²) in [4.78, 5) is 0. The van der Waals surface area contributed by atoms with E-state index >= 15 is 0 Å². The molecular formula is C14H20N2. The quantitative estimate of drug-likeness (QED) is 0.652. The van der Waals surface area contributed by atoms with Gasteiger partial charge in [0.2, 0.25) is 0 Å². The van der Waals surface area contributed by atoms with Gasteiger partial charge >= 0.3 is 0 Å². The van der Waals surface area contributed by atoms with E-state index in [0.29, 0.717) is 0 Å². The first-order chi connectivity index (χ1) is 7.44. The van der Waals surface area contributed by atoms with Crippen LogP contribution in [0.1, 0.15) is 34.1 Å². The fraction of sp³-hybridized carbons (Fsp3) is 0.500. The third kappa shape index (κ3) is 2.11. The number of allylic oxidation sites excluding steroid dienone is 4. The highest BCUT2D eigenvalue weighted by molar-refractivity contribution is 5.70. The molecule has 2 rings (SSSR count). The van der Waals surface area contributed by atoms with E-state index < -0.39 is 0 Å². The van der Waals surface area contributed by atoms with E-state index in [1.807, 2.05) is 11.2 Å². The Hall–Kier alpha value is -1.31. The summed E-state index contributed by atoms with van der Waals surface area (Å²) in [6.45, 7) is 8.80. The molecule has 2 aliphatic rings. The van der Waals surface area contributed by atoms with Crippen molar-refractivity contribution in [2.45, 2.75) is 34.1 Å². The summed E-state index contributed by atoms with van der Waals surface area (Å²) < 4.78 is 0. The zero-order valence-corrected chi connectivity index (χ0v) is 10.6. The van der Waals surface area contributed by atoms with Crippen LogP contribution >= 0.6 is 0 Å². The Morgan fingerprint density at radius 2 is 2.00 bits per heavy atom. The van der Waals surface area contributed by atoms with Gasteiger partial charge in [0.15, 0.2) is 0 Å². The van der Waals surface area contributed by atoms with Crippen LogP contribution in [0.25, 0.3) is 0 Å². The van der Waals surface area contributed by atoms with Gasteiger partial charge in [0.05, 0.1) is 5.70 Å². The standard InChI is InChI=1S/C14H20N2/c1-5-14(4)10-12-6-7-13(2,3)8-9-16(12)15-11-14/h6-11H,5H2,1-4H3. The van der Waals surface area contributed by atoms with Crippen LogP contribution in [0.2, 0.25) is 0 Å². The summed E-state index contributed by atoms with van der Waals surface area (Å²) in [6, 6.07) is 0. The van der Waals surface area contributed by atoms with Crippen molar-refractivity contribution in [3.63, 3.8) is 0 Å². The lowest BCUT2D eigenvalue weighted by atomic mass is 9.87. The summed E-state index contributed by atoms with van der Waals surface area (Å²) in [5.74, 6) is 0. The predicted molar refractivity (Wildman–Crippen MR) is 68.9 cm³/mol. The molecule has 16 heavy (non-hydrogen) atoms. The second-order valence-corrected chi connectivity index (χ2v) is 5.49. The largest absolute Gasteiger partial charge is 0.242 e. The molecular weight excluding hydrogens is 196 g/mol. The van der Waals surface area contributed by atoms with E-state index in [-0.39, 0.29) is 10.8 Å². The third-order valence-corrected chi connectivity index (χ3v) is 3.31. The number of nitrogens with zero attached hydrogens (tertiary/aromatic N) is 2. The maximum absolute atomic E-state index is 4.50. The number of fused-ring (bicyclic) bond motifs is 1. The molecule has 0 saturated carbocycles. The number of hydrazone groups is 1. The first-order valence-corrected chi connectivity index (χ1v) is 5.90. The molecule has 1 atom stereocenters. The molecule has 2 aliphatic heterocycles. The lowest BCUT2D eigenvalue weighted by molar-refractivity contribution is 0.452. The molecule has 2 heterocycles. The van der Waals surface area contributed by atoms with Gasteiger partial charge in [-0.1, -0.05) is 39.8 Å². The predicted octanol–water partition coefficient (Wildman–Crippen LogP) is 3.70. The first kappa shape index (κ1) is 11.2. The van der Waals surface area contributed by atoms with E-state index in [0.717, 1.165) is 6.42 Å². The Labute approximate surface area is 98.0 Å². The first-order valence-electron chi connectivity index (χ1n) is 5.90. The average Bonchev–Trinajstić information content (AvgIpc) is 2.38. The van der Waals surface area contributed by atoms with Crippen molar-refractivity contribution in [3.05, 3.63) is 36.2 Å². The van der Waals surface area contributed by atoms with E-state index in [2.05, 4.69) is 63.3 Å². The molecule has 0 N–H and O–H groups in total. The third-order valence-electron chi connectivity index (χ3n) is 3.31. The summed E-state index contributed by atoms with van der Waals surface area (Å²) in [7, 11) is 0. The Bertz CT molecular complexity index is 399. The van der Waals surface area contributed by atoms with Gasteiger partial charge in [-0.25, -0.2) is 5.01 Å². The lowest BCUT2D eigenvalue weighted by Gasteiger charge is -2.28. The van der Waals surface area contributed by atoms with E-state index in [9.17, 15) is 0 Å². The van der Waals surface area contributed by atoms with Crippen LogP contribution in [0.5, 0.6) is 0 Å². The molecule has 0 aromatic carbocycles. The molecule has 1 unspecified atom stereocenters. The number of hydrogen-bond acceptors (Lipinski definition) is 2. The van der Waals surface area contributed by atoms with Gasteiger partial charge in [0, 0.05) is 23.2 Å². The van der Waals surface area contributed by atoms with Gasteiger partial charge in [-0.15, -0.1) is 0 Å². The van der Waals surface area contributed by atoms with Crippen molar-refractivity contribution >= 4 is 6.21 Å². The van der Waals surface area contributed by atoms with Crippen LogP contribution in [0.4, 0.5) is 0 Å². The summed E-state index contributed by atoms with van der Waals surface area (Å²) in [6.07, 6.45) is 14.0. The topological polar surface area (TPSA) is 15.6 Å². The Morgan fingerprint density at radius 1 is 1.25 bits per heavy atom. The second kappa shape index (κ2) is 3.62. The van der Waals surface area contributed by atoms with E-state index in [1.54, 1.807) is 0 Å². The molecule has 0 spiro atoms. The zero-order chi connectivity index (χ0) is 11.8. The minimum absolute atomic E-state index is 0.0957. The van der Waals surface area contributed by atoms with Crippen molar-refractivity contribution < 1.29 is 0 Å². The molecule has 0 aliphatic carbocycles. The van der Waals surface area contributed by atoms with Gasteiger partial charge in [-0.3, -0.25) is 0 Å². The zero-order valence-electron chi connectivity index (χ0n) is 10.6. The minimum atomic E-state index is 0.0957. The van der Waals surface area contributed by atoms with Crippen LogP contribution in [0.15, 0.2) is 41.3 Å². The molecule has 0 radical (unpaired) electrons. The Kier molecular flexibility index (Phi) is 2.53. The maximum Gasteiger partial charge on any atom is 0.0611 e. The van der Waals surface area contributed by atoms with Crippen LogP contribution in [0.3, 0.4) is 0 Å². The number of hydrogen-bond donors (Lipinski definition) is 0. The van der Waals surface area contributed by atoms with Crippen molar-refractivity contribution in [3.8, 4) is 0 Å². The van der Waals surface area contributed by atoms with Crippen molar-refractivity contribution in [1.82, 2.24) is 5.01 Å². The van der Waals surface area contributed by atoms with Crippen molar-refractivity contribution in [2.24, 2.45) is 15.9 Å². The van der Waals surface area contributed by atoms with Crippen LogP contribution < -0.4 is 0 Å². The minimum Gasteiger partial charge on any atom is -0.242 e. The second-order valence-electron chi connectivity index (χ2n) is 5.49. The molecule has 0 aromatic rings. The highest BCUT2D eigenvalue weighted by Gasteiger charge is 2.24. The molecule has 0 aromatic heterocycles. The molecule has 0 amide bonds. The van der Waals surface area contributed by atoms with Crippen LogP contribution in [-0.2, 0) is 0 Å². The fourth-order valence-corrected chi connectivity index (χ4v) is 1.76. The molecule has 0 saturated heterocycles. The molecule has 0 fully saturated rings. The highest BCUT2D eigenvalue weighted by atomic mass is 15.4. The van der Waals surface area contributed by atoms with Gasteiger partial charge in [-0.2, -0.15) is 5.10 Å². The Morgan fingerprint density at radius 3 is 2.69 bits per heavy atom. The van der Waals surface area contributed by atoms with Gasteiger partial charge in [0.1, 0.15) is 0 Å². The van der Waals surface area contributed by atoms with Gasteiger partial charge in [0.25, 0.3) is 0 Å². The van der Waals surface area contributed by atoms with Gasteiger partial charge in [-0.05, 0) is 18.6 Å². The van der Waals surface area contributed by atoms with Crippen LogP contribution in [-0.4, -0.2) is 11.2 Å². The average molecular weight is 216 g/mol. The maximum atomic E-state index is 4.50. The van der Waals surface area contributed by atoms with Crippen molar-refractivity contribution in [1.29, 1.82) is 0 Å². The SMILES string of the molecule is CCC1(C)C=NN2C=CC(C)(C)C=CC2=C1. The summed E-state index contributed by atoms with van der Waals surface area (Å²) >= 11 is 0. The monoisotopic (exact) mass is 216 g/mol. The molecule has 0 bridgehead atoms. The Balaban J connectivity index is 2.38. The highest BCUT2D eigenvalue weighted by Crippen LogP contribution is 2.32. The molecule has 86 valence electrons. The fourth-order valence-electron chi connectivity index (χ4n) is 1.76. The summed E-state index contributed by atoms with van der Waals surface area (Å²) in [5.41, 5.74) is 1.38.